The van der Waals surface area contributed by atoms with Gasteiger partial charge in [0.1, 0.15) is 5.69 Å². The van der Waals surface area contributed by atoms with Gasteiger partial charge in [0.15, 0.2) is 0 Å². The van der Waals surface area contributed by atoms with Crippen molar-refractivity contribution in [3.05, 3.63) is 30.1 Å². The smallest absolute Gasteiger partial charge is 0.272 e. The maximum Gasteiger partial charge on any atom is 0.272 e. The molecule has 2 atom stereocenters. The van der Waals surface area contributed by atoms with E-state index in [4.69, 9.17) is 0 Å². The van der Waals surface area contributed by atoms with Gasteiger partial charge in [-0.15, -0.1) is 0 Å². The van der Waals surface area contributed by atoms with Crippen molar-refractivity contribution in [2.45, 2.75) is 25.7 Å². The van der Waals surface area contributed by atoms with Crippen LogP contribution in [0.15, 0.2) is 24.4 Å². The van der Waals surface area contributed by atoms with Crippen molar-refractivity contribution in [2.24, 2.45) is 16.7 Å². The van der Waals surface area contributed by atoms with Crippen molar-refractivity contribution >= 4 is 11.8 Å². The normalized spacial score (nSPS) is 29.7. The first kappa shape index (κ1) is 18.4. The van der Waals surface area contributed by atoms with Crippen LogP contribution in [-0.2, 0) is 4.79 Å². The Morgan fingerprint density at radius 1 is 1.15 bits per heavy atom. The maximum absolute atomic E-state index is 13.1. The minimum atomic E-state index is -0.231. The van der Waals surface area contributed by atoms with E-state index in [1.54, 1.807) is 17.2 Å². The Hall–Kier alpha value is -1.95. The number of hydrogen-bond donors (Lipinski definition) is 0. The van der Waals surface area contributed by atoms with Gasteiger partial charge in [0.05, 0.1) is 5.41 Å². The number of likely N-dealkylation sites (tertiary alicyclic amines) is 2. The molecule has 0 unspecified atom stereocenters. The summed E-state index contributed by atoms with van der Waals surface area (Å²) < 4.78 is 0. The molecule has 1 aliphatic carbocycles. The highest BCUT2D eigenvalue weighted by molar-refractivity contribution is 5.92. The third kappa shape index (κ3) is 2.85. The van der Waals surface area contributed by atoms with Crippen LogP contribution < -0.4 is 0 Å². The number of piperidine rings is 1. The van der Waals surface area contributed by atoms with Gasteiger partial charge in [-0.3, -0.25) is 14.6 Å². The number of aromatic nitrogens is 1. The fourth-order valence-corrected chi connectivity index (χ4v) is 6.00. The lowest BCUT2D eigenvalue weighted by Gasteiger charge is -2.44. The lowest BCUT2D eigenvalue weighted by Crippen LogP contribution is -2.49. The highest BCUT2D eigenvalue weighted by Crippen LogP contribution is 2.62. The summed E-state index contributed by atoms with van der Waals surface area (Å²) in [5.41, 5.74) is 0.487. The van der Waals surface area contributed by atoms with Gasteiger partial charge in [0.25, 0.3) is 5.91 Å². The second-order valence-corrected chi connectivity index (χ2v) is 8.97. The first-order valence-electron chi connectivity index (χ1n) is 9.99. The molecule has 0 aromatic carbocycles. The van der Waals surface area contributed by atoms with Crippen molar-refractivity contribution < 1.29 is 9.59 Å². The van der Waals surface area contributed by atoms with Crippen molar-refractivity contribution in [1.82, 2.24) is 19.7 Å². The topological polar surface area (TPSA) is 56.8 Å². The van der Waals surface area contributed by atoms with E-state index in [-0.39, 0.29) is 16.7 Å². The summed E-state index contributed by atoms with van der Waals surface area (Å²) in [7, 11) is 5.90. The van der Waals surface area contributed by atoms with E-state index in [1.807, 2.05) is 31.1 Å². The van der Waals surface area contributed by atoms with Crippen molar-refractivity contribution in [2.75, 3.05) is 47.3 Å². The van der Waals surface area contributed by atoms with Gasteiger partial charge in [0, 0.05) is 46.5 Å². The summed E-state index contributed by atoms with van der Waals surface area (Å²) in [4.78, 5) is 36.1. The molecular formula is C21H30N4O2. The summed E-state index contributed by atoms with van der Waals surface area (Å²) in [6, 6.07) is 5.48. The third-order valence-corrected chi connectivity index (χ3v) is 7.28. The van der Waals surface area contributed by atoms with E-state index in [9.17, 15) is 9.59 Å². The zero-order valence-corrected chi connectivity index (χ0v) is 16.6. The Kier molecular flexibility index (Phi) is 4.49. The van der Waals surface area contributed by atoms with Crippen LogP contribution in [-0.4, -0.2) is 78.8 Å². The molecule has 0 bridgehead atoms. The molecule has 2 amide bonds. The Morgan fingerprint density at radius 2 is 1.89 bits per heavy atom. The summed E-state index contributed by atoms with van der Waals surface area (Å²) >= 11 is 0. The van der Waals surface area contributed by atoms with Crippen molar-refractivity contribution in [1.29, 1.82) is 0 Å². The summed E-state index contributed by atoms with van der Waals surface area (Å²) in [5, 5.41) is 0. The number of amides is 2. The predicted octanol–water partition coefficient (Wildman–Crippen LogP) is 1.73. The van der Waals surface area contributed by atoms with Crippen LogP contribution in [0.4, 0.5) is 0 Å². The van der Waals surface area contributed by atoms with Gasteiger partial charge >= 0.3 is 0 Å². The van der Waals surface area contributed by atoms with Gasteiger partial charge in [-0.25, -0.2) is 0 Å². The van der Waals surface area contributed by atoms with E-state index in [0.29, 0.717) is 17.5 Å². The van der Waals surface area contributed by atoms with Gasteiger partial charge in [-0.1, -0.05) is 6.07 Å². The van der Waals surface area contributed by atoms with Crippen LogP contribution >= 0.6 is 0 Å². The first-order valence-corrected chi connectivity index (χ1v) is 9.99. The van der Waals surface area contributed by atoms with E-state index in [0.717, 1.165) is 51.9 Å². The van der Waals surface area contributed by atoms with Crippen LogP contribution in [0.5, 0.6) is 0 Å². The molecule has 3 heterocycles. The number of hydrogen-bond acceptors (Lipinski definition) is 4. The summed E-state index contributed by atoms with van der Waals surface area (Å²) in [6.07, 6.45) is 5.74. The van der Waals surface area contributed by atoms with Crippen molar-refractivity contribution in [3.8, 4) is 0 Å². The Bertz CT molecular complexity index is 727. The quantitative estimate of drug-likeness (QED) is 0.796. The lowest BCUT2D eigenvalue weighted by atomic mass is 9.65. The van der Waals surface area contributed by atoms with Gasteiger partial charge < -0.3 is 14.7 Å². The Morgan fingerprint density at radius 3 is 2.52 bits per heavy atom. The molecule has 0 radical (unpaired) electrons. The highest BCUT2D eigenvalue weighted by Gasteiger charge is 2.64. The molecule has 27 heavy (non-hydrogen) atoms. The second-order valence-electron chi connectivity index (χ2n) is 8.97. The molecule has 4 rings (SSSR count). The van der Waals surface area contributed by atoms with E-state index in [2.05, 4.69) is 16.9 Å². The lowest BCUT2D eigenvalue weighted by molar-refractivity contribution is -0.141. The standard InChI is InChI=1S/C21H30N4O2/c1-23(2)19(27)21-8-7-20(17(21)14-24(3)15-21)9-12-25(13-10-20)18(26)16-6-4-5-11-22-16/h4-6,11,17H,7-10,12-15H2,1-3H3/t17-,21+/m1/s1. The molecule has 1 spiro atoms. The fourth-order valence-electron chi connectivity index (χ4n) is 6.00. The molecule has 1 aromatic heterocycles. The van der Waals surface area contributed by atoms with E-state index in [1.165, 1.54) is 0 Å². The largest absolute Gasteiger partial charge is 0.348 e. The maximum atomic E-state index is 13.1. The molecule has 6 heteroatoms. The molecular weight excluding hydrogens is 340 g/mol. The molecule has 1 aromatic rings. The second kappa shape index (κ2) is 6.59. The predicted molar refractivity (Wildman–Crippen MR) is 103 cm³/mol. The summed E-state index contributed by atoms with van der Waals surface area (Å²) in [5.74, 6) is 0.723. The Labute approximate surface area is 161 Å². The van der Waals surface area contributed by atoms with Crippen LogP contribution in [0.3, 0.4) is 0 Å². The average Bonchev–Trinajstić information content (AvgIpc) is 3.17. The van der Waals surface area contributed by atoms with Crippen molar-refractivity contribution in [3.63, 3.8) is 0 Å². The third-order valence-electron chi connectivity index (χ3n) is 7.28. The Balaban J connectivity index is 1.51. The molecule has 3 aliphatic rings. The van der Waals surface area contributed by atoms with E-state index < -0.39 is 0 Å². The van der Waals surface area contributed by atoms with Crippen LogP contribution in [0.1, 0.15) is 36.2 Å². The minimum Gasteiger partial charge on any atom is -0.348 e. The van der Waals surface area contributed by atoms with Gasteiger partial charge in [-0.2, -0.15) is 0 Å². The molecule has 146 valence electrons. The van der Waals surface area contributed by atoms with E-state index >= 15 is 0 Å². The molecule has 6 nitrogen and oxygen atoms in total. The highest BCUT2D eigenvalue weighted by atomic mass is 16.2. The average molecular weight is 370 g/mol. The monoisotopic (exact) mass is 370 g/mol. The van der Waals surface area contributed by atoms with Crippen LogP contribution in [0.25, 0.3) is 0 Å². The number of nitrogens with zero attached hydrogens (tertiary/aromatic N) is 4. The van der Waals surface area contributed by atoms with Gasteiger partial charge in [-0.05, 0) is 56.2 Å². The first-order chi connectivity index (χ1) is 12.9. The van der Waals surface area contributed by atoms with Crippen LogP contribution in [0, 0.1) is 16.7 Å². The zero-order valence-electron chi connectivity index (χ0n) is 16.6. The molecule has 1 saturated carbocycles. The number of carbonyl (C=O) groups excluding carboxylic acids is 2. The van der Waals surface area contributed by atoms with Gasteiger partial charge in [0.2, 0.25) is 5.91 Å². The molecule has 2 aliphatic heterocycles. The SMILES string of the molecule is CN1C[C@@H]2C3(CCN(C(=O)c4ccccn4)CC3)CC[C@]2(C(=O)N(C)C)C1. The fraction of sp³-hybridized carbons (Fsp3) is 0.667. The molecule has 0 N–H and O–H groups in total. The number of rotatable bonds is 2. The molecule has 3 fully saturated rings. The molecule has 2 saturated heterocycles. The number of pyridine rings is 1. The summed E-state index contributed by atoms with van der Waals surface area (Å²) in [6.45, 7) is 3.39. The zero-order chi connectivity index (χ0) is 19.2. The number of carbonyl (C=O) groups is 2. The number of fused-ring (bicyclic) bond motifs is 2. The van der Waals surface area contributed by atoms with Crippen LogP contribution in [0.2, 0.25) is 0 Å². The minimum absolute atomic E-state index is 0.0302.